The molecule has 5 atom stereocenters. The van der Waals surface area contributed by atoms with Crippen LogP contribution < -0.4 is 14.2 Å². The Morgan fingerprint density at radius 1 is 0.386 bits per heavy atom. The largest absolute Gasteiger partial charge is 0.490 e. The van der Waals surface area contributed by atoms with Gasteiger partial charge in [-0.1, -0.05) is 324 Å². The van der Waals surface area contributed by atoms with Gasteiger partial charge in [0.05, 0.1) is 26.4 Å². The molecule has 1 fully saturated rings. The van der Waals surface area contributed by atoms with Crippen molar-refractivity contribution in [3.8, 4) is 17.2 Å². The normalized spacial score (nSPS) is 17.3. The molecule has 4 aromatic rings. The van der Waals surface area contributed by atoms with Crippen molar-refractivity contribution in [3.63, 3.8) is 0 Å². The van der Waals surface area contributed by atoms with E-state index in [1.165, 1.54) is 204 Å². The smallest absolute Gasteiger partial charge is 0.203 e. The number of unbranched alkanes of at least 4 members (excludes halogenated alkanes) is 33. The van der Waals surface area contributed by atoms with Crippen LogP contribution in [0.3, 0.4) is 0 Å². The lowest BCUT2D eigenvalue weighted by atomic mass is 9.80. The number of benzene rings is 4. The first kappa shape index (κ1) is 70.2. The van der Waals surface area contributed by atoms with E-state index in [0.717, 1.165) is 60.8 Å². The first-order chi connectivity index (χ1) is 40.9. The molecule has 9 heteroatoms. The fourth-order valence-electron chi connectivity index (χ4n) is 11.8. The van der Waals surface area contributed by atoms with E-state index in [9.17, 15) is 15.3 Å². The third kappa shape index (κ3) is 26.9. The fourth-order valence-corrected chi connectivity index (χ4v) is 12.9. The fraction of sp³-hybridized carbons (Fsp3) is 0.676. The Bertz CT molecular complexity index is 1990. The summed E-state index contributed by atoms with van der Waals surface area (Å²) < 4.78 is 33.9. The molecule has 0 aliphatic carbocycles. The highest BCUT2D eigenvalue weighted by molar-refractivity contribution is 7.99. The highest BCUT2D eigenvalue weighted by Gasteiger charge is 2.46. The monoisotopic (exact) mass is 1160 g/mol. The first-order valence-electron chi connectivity index (χ1n) is 34.1. The Morgan fingerprint density at radius 2 is 0.699 bits per heavy atom. The van der Waals surface area contributed by atoms with E-state index in [2.05, 4.69) is 69.3 Å². The second kappa shape index (κ2) is 44.8. The van der Waals surface area contributed by atoms with Gasteiger partial charge in [0, 0.05) is 5.75 Å². The molecule has 466 valence electrons. The summed E-state index contributed by atoms with van der Waals surface area (Å²) in [6, 6.07) is 34.5. The quantitative estimate of drug-likeness (QED) is 0.0294. The summed E-state index contributed by atoms with van der Waals surface area (Å²) >= 11 is 1.40. The summed E-state index contributed by atoms with van der Waals surface area (Å²) in [7, 11) is 0. The van der Waals surface area contributed by atoms with Crippen LogP contribution in [0, 0.1) is 0 Å². The average molecular weight is 1170 g/mol. The number of hydrogen-bond acceptors (Lipinski definition) is 9. The molecule has 0 amide bonds. The maximum atomic E-state index is 11.6. The first-order valence-corrected chi connectivity index (χ1v) is 35.1. The molecule has 0 spiro atoms. The van der Waals surface area contributed by atoms with Crippen LogP contribution in [0.15, 0.2) is 103 Å². The van der Waals surface area contributed by atoms with Gasteiger partial charge >= 0.3 is 0 Å². The number of thioether (sulfide) groups is 1. The van der Waals surface area contributed by atoms with Crippen LogP contribution in [0.2, 0.25) is 0 Å². The molecule has 8 nitrogen and oxygen atoms in total. The van der Waals surface area contributed by atoms with Crippen LogP contribution in [-0.4, -0.2) is 71.6 Å². The van der Waals surface area contributed by atoms with Crippen LogP contribution in [-0.2, 0) is 20.8 Å². The summed E-state index contributed by atoms with van der Waals surface area (Å²) in [4.78, 5) is 0. The third-order valence-corrected chi connectivity index (χ3v) is 18.1. The standard InChI is InChI=1S/C74H116O8S/c1-4-7-10-13-16-19-22-25-28-31-34-46-55-78-66-58-62(59-67(79-56-47-35-32-29-26-23-20-17-14-11-8-5-2)72(66)80-57-48-36-33-30-27-24-21-18-15-12-9-6-3)61-83-73-71(77)70(76)69(75)68(82-73)60-81-74(63-49-40-37-41-50-63,64-51-42-38-43-52-64)65-53-44-39-45-54-65/h37-45,49-54,58-59,68-71,73,75-77H,4-36,46-48,55-57,60-61H2,1-3H3/t68-,69-,70+,71-,73-/m1/s1. The van der Waals surface area contributed by atoms with Gasteiger partial charge in [0.15, 0.2) is 11.5 Å². The van der Waals surface area contributed by atoms with Crippen molar-refractivity contribution in [2.75, 3.05) is 26.4 Å². The summed E-state index contributed by atoms with van der Waals surface area (Å²) in [5, 5.41) is 34.7. The Labute approximate surface area is 510 Å². The van der Waals surface area contributed by atoms with E-state index in [4.69, 9.17) is 23.7 Å². The highest BCUT2D eigenvalue weighted by Crippen LogP contribution is 2.44. The predicted molar refractivity (Wildman–Crippen MR) is 349 cm³/mol. The molecule has 83 heavy (non-hydrogen) atoms. The van der Waals surface area contributed by atoms with Gasteiger partial charge in [-0.3, -0.25) is 0 Å². The molecular formula is C74H116O8S. The van der Waals surface area contributed by atoms with Crippen LogP contribution in [0.1, 0.15) is 274 Å². The number of ether oxygens (including phenoxy) is 5. The van der Waals surface area contributed by atoms with Crippen LogP contribution in [0.25, 0.3) is 0 Å². The molecular weight excluding hydrogens is 1050 g/mol. The Morgan fingerprint density at radius 3 is 1.04 bits per heavy atom. The molecule has 1 aliphatic rings. The lowest BCUT2D eigenvalue weighted by Gasteiger charge is -2.42. The minimum Gasteiger partial charge on any atom is -0.490 e. The number of aliphatic hydroxyl groups is 3. The molecule has 5 rings (SSSR count). The maximum absolute atomic E-state index is 11.6. The molecule has 1 saturated heterocycles. The molecule has 0 saturated carbocycles. The number of aliphatic hydroxyl groups excluding tert-OH is 3. The molecule has 1 heterocycles. The number of rotatable bonds is 51. The molecule has 4 aromatic carbocycles. The van der Waals surface area contributed by atoms with Gasteiger partial charge in [-0.2, -0.15) is 0 Å². The van der Waals surface area contributed by atoms with Crippen molar-refractivity contribution >= 4 is 11.8 Å². The van der Waals surface area contributed by atoms with Gasteiger partial charge in [0.25, 0.3) is 0 Å². The summed E-state index contributed by atoms with van der Waals surface area (Å²) in [6.45, 7) is 8.58. The molecule has 0 bridgehead atoms. The van der Waals surface area contributed by atoms with Crippen molar-refractivity contribution in [2.45, 2.75) is 293 Å². The van der Waals surface area contributed by atoms with E-state index in [-0.39, 0.29) is 6.61 Å². The zero-order valence-corrected chi connectivity index (χ0v) is 53.3. The van der Waals surface area contributed by atoms with E-state index in [1.54, 1.807) is 0 Å². The van der Waals surface area contributed by atoms with Crippen LogP contribution in [0.4, 0.5) is 0 Å². The van der Waals surface area contributed by atoms with E-state index < -0.39 is 35.5 Å². The Hall–Kier alpha value is -3.57. The highest BCUT2D eigenvalue weighted by atomic mass is 32.2. The van der Waals surface area contributed by atoms with Gasteiger partial charge in [0.1, 0.15) is 35.5 Å². The Balaban J connectivity index is 1.28. The van der Waals surface area contributed by atoms with Crippen molar-refractivity contribution in [2.24, 2.45) is 0 Å². The molecule has 0 aromatic heterocycles. The van der Waals surface area contributed by atoms with E-state index in [0.29, 0.717) is 42.8 Å². The van der Waals surface area contributed by atoms with E-state index >= 15 is 0 Å². The summed E-state index contributed by atoms with van der Waals surface area (Å²) in [5.41, 5.74) is 1.79. The van der Waals surface area contributed by atoms with E-state index in [1.807, 2.05) is 54.6 Å². The zero-order valence-electron chi connectivity index (χ0n) is 52.5. The minimum atomic E-state index is -1.45. The summed E-state index contributed by atoms with van der Waals surface area (Å²) in [5.74, 6) is 2.51. The third-order valence-electron chi connectivity index (χ3n) is 16.9. The van der Waals surface area contributed by atoms with Crippen molar-refractivity contribution in [1.82, 2.24) is 0 Å². The van der Waals surface area contributed by atoms with Gasteiger partial charge in [-0.25, -0.2) is 0 Å². The zero-order chi connectivity index (χ0) is 58.7. The maximum Gasteiger partial charge on any atom is 0.203 e. The second-order valence-corrected chi connectivity index (χ2v) is 25.1. The van der Waals surface area contributed by atoms with Crippen LogP contribution >= 0.6 is 11.8 Å². The SMILES string of the molecule is CCCCCCCCCCCCCCOc1cc(CS[C@H]2O[C@H](COC(c3ccccc3)(c3ccccc3)c3ccccc3)[C@@H](O)[C@H](O)[C@H]2O)cc(OCCCCCCCCCCCCCC)c1OCCCCCCCCCCCCCC. The predicted octanol–water partition coefficient (Wildman–Crippen LogP) is 20.0. The van der Waals surface area contributed by atoms with Crippen molar-refractivity contribution in [1.29, 1.82) is 0 Å². The van der Waals surface area contributed by atoms with Gasteiger partial charge in [-0.05, 0) is 53.6 Å². The molecule has 0 radical (unpaired) electrons. The molecule has 3 N–H and O–H groups in total. The van der Waals surface area contributed by atoms with Crippen molar-refractivity contribution < 1.29 is 39.0 Å². The Kier molecular flexibility index (Phi) is 37.9. The van der Waals surface area contributed by atoms with Gasteiger partial charge in [0.2, 0.25) is 5.75 Å². The number of hydrogen-bond donors (Lipinski definition) is 3. The minimum absolute atomic E-state index is 0.0554. The van der Waals surface area contributed by atoms with Gasteiger partial charge in [-0.15, -0.1) is 11.8 Å². The lowest BCUT2D eigenvalue weighted by Crippen LogP contribution is -2.58. The lowest BCUT2D eigenvalue weighted by molar-refractivity contribution is -0.216. The summed E-state index contributed by atoms with van der Waals surface area (Å²) in [6.07, 6.45) is 41.1. The topological polar surface area (TPSA) is 107 Å². The average Bonchev–Trinajstić information content (AvgIpc) is 3.71. The molecule has 0 unspecified atom stereocenters. The van der Waals surface area contributed by atoms with Gasteiger partial charge < -0.3 is 39.0 Å². The second-order valence-electron chi connectivity index (χ2n) is 24.0. The van der Waals surface area contributed by atoms with Crippen LogP contribution in [0.5, 0.6) is 17.2 Å². The van der Waals surface area contributed by atoms with Crippen molar-refractivity contribution in [3.05, 3.63) is 125 Å². The molecule has 1 aliphatic heterocycles.